The maximum atomic E-state index is 12.5. The summed E-state index contributed by atoms with van der Waals surface area (Å²) in [6.07, 6.45) is 3.82. The molecule has 116 valence electrons. The van der Waals surface area contributed by atoms with E-state index < -0.39 is 10.0 Å². The topological polar surface area (TPSA) is 84.2 Å². The molecule has 2 heterocycles. The van der Waals surface area contributed by atoms with E-state index in [9.17, 15) is 13.5 Å². The van der Waals surface area contributed by atoms with Gasteiger partial charge in [0.2, 0.25) is 10.0 Å². The van der Waals surface area contributed by atoms with Gasteiger partial charge in [-0.1, -0.05) is 6.92 Å². The average Bonchev–Trinajstić information content (AvgIpc) is 3.13. The Morgan fingerprint density at radius 2 is 2.24 bits per heavy atom. The van der Waals surface area contributed by atoms with E-state index >= 15 is 0 Å². The predicted octanol–water partition coefficient (Wildman–Crippen LogP) is 1.89. The zero-order valence-corrected chi connectivity index (χ0v) is 13.6. The molecule has 1 atom stereocenters. The van der Waals surface area contributed by atoms with Crippen molar-refractivity contribution in [2.45, 2.75) is 44.4 Å². The van der Waals surface area contributed by atoms with Gasteiger partial charge in [-0.15, -0.1) is 11.3 Å². The molecule has 0 aromatic carbocycles. The van der Waals surface area contributed by atoms with Gasteiger partial charge in [0.15, 0.2) is 0 Å². The minimum atomic E-state index is -3.63. The van der Waals surface area contributed by atoms with E-state index in [1.807, 2.05) is 19.2 Å². The first-order valence-corrected chi connectivity index (χ1v) is 9.09. The minimum absolute atomic E-state index is 0.170. The fourth-order valence-electron chi connectivity index (χ4n) is 2.07. The summed E-state index contributed by atoms with van der Waals surface area (Å²) in [6, 6.07) is 1.16. The molecule has 0 fully saturated rings. The SMILES string of the molecule is CCC(NS(=O)(=O)c1cc(CO)n(CC)c1)c1nccs1. The molecular formula is C13H19N3O3S2. The standard InChI is InChI=1S/C13H19N3O3S2/c1-3-12(13-14-5-6-20-13)15-21(18,19)11-7-10(9-17)16(4-2)8-11/h5-8,12,15,17H,3-4,9H2,1-2H3. The van der Waals surface area contributed by atoms with Crippen LogP contribution in [0, 0.1) is 0 Å². The van der Waals surface area contributed by atoms with Crippen molar-refractivity contribution >= 4 is 21.4 Å². The maximum Gasteiger partial charge on any atom is 0.242 e. The molecule has 1 unspecified atom stereocenters. The monoisotopic (exact) mass is 329 g/mol. The Morgan fingerprint density at radius 3 is 2.71 bits per heavy atom. The molecule has 2 N–H and O–H groups in total. The molecule has 6 nitrogen and oxygen atoms in total. The summed E-state index contributed by atoms with van der Waals surface area (Å²) in [5.74, 6) is 0. The van der Waals surface area contributed by atoms with Gasteiger partial charge in [-0.3, -0.25) is 0 Å². The molecule has 0 amide bonds. The van der Waals surface area contributed by atoms with E-state index in [4.69, 9.17) is 0 Å². The number of sulfonamides is 1. The van der Waals surface area contributed by atoms with Gasteiger partial charge in [0.25, 0.3) is 0 Å². The summed E-state index contributed by atoms with van der Waals surface area (Å²) in [6.45, 7) is 4.22. The summed E-state index contributed by atoms with van der Waals surface area (Å²) in [5, 5.41) is 11.8. The molecule has 21 heavy (non-hydrogen) atoms. The number of nitrogens with zero attached hydrogens (tertiary/aromatic N) is 2. The zero-order valence-electron chi connectivity index (χ0n) is 12.0. The molecule has 2 aromatic rings. The van der Waals surface area contributed by atoms with Crippen molar-refractivity contribution in [1.29, 1.82) is 0 Å². The zero-order chi connectivity index (χ0) is 15.5. The molecule has 0 saturated carbocycles. The van der Waals surface area contributed by atoms with E-state index in [1.165, 1.54) is 17.4 Å². The molecule has 0 bridgehead atoms. The third-order valence-corrected chi connectivity index (χ3v) is 5.56. The van der Waals surface area contributed by atoms with Crippen LogP contribution in [-0.4, -0.2) is 23.1 Å². The van der Waals surface area contributed by atoms with Gasteiger partial charge in [-0.25, -0.2) is 18.1 Å². The summed E-state index contributed by atoms with van der Waals surface area (Å²) < 4.78 is 29.3. The van der Waals surface area contributed by atoms with Gasteiger partial charge in [-0.05, 0) is 19.4 Å². The average molecular weight is 329 g/mol. The van der Waals surface area contributed by atoms with Crippen LogP contribution < -0.4 is 4.72 Å². The molecular weight excluding hydrogens is 310 g/mol. The van der Waals surface area contributed by atoms with Crippen molar-refractivity contribution in [1.82, 2.24) is 14.3 Å². The second kappa shape index (κ2) is 6.69. The highest BCUT2D eigenvalue weighted by molar-refractivity contribution is 7.89. The molecule has 8 heteroatoms. The van der Waals surface area contributed by atoms with Gasteiger partial charge in [-0.2, -0.15) is 0 Å². The Bertz CT molecular complexity index is 656. The number of nitrogens with one attached hydrogen (secondary N) is 1. The number of aliphatic hydroxyl groups excluding tert-OH is 1. The molecule has 0 aliphatic heterocycles. The van der Waals surface area contributed by atoms with Crippen molar-refractivity contribution in [3.63, 3.8) is 0 Å². The lowest BCUT2D eigenvalue weighted by Gasteiger charge is -2.13. The van der Waals surface area contributed by atoms with Crippen LogP contribution in [0.1, 0.15) is 37.0 Å². The van der Waals surface area contributed by atoms with Crippen LogP contribution >= 0.6 is 11.3 Å². The lowest BCUT2D eigenvalue weighted by molar-refractivity contribution is 0.271. The first-order valence-electron chi connectivity index (χ1n) is 6.73. The van der Waals surface area contributed by atoms with Crippen LogP contribution in [0.4, 0.5) is 0 Å². The van der Waals surface area contributed by atoms with E-state index in [2.05, 4.69) is 9.71 Å². The highest BCUT2D eigenvalue weighted by Gasteiger charge is 2.23. The Kier molecular flexibility index (Phi) is 5.15. The summed E-state index contributed by atoms with van der Waals surface area (Å²) in [7, 11) is -3.63. The van der Waals surface area contributed by atoms with Crippen molar-refractivity contribution < 1.29 is 13.5 Å². The fourth-order valence-corrected chi connectivity index (χ4v) is 4.26. The second-order valence-electron chi connectivity index (χ2n) is 4.56. The minimum Gasteiger partial charge on any atom is -0.390 e. The van der Waals surface area contributed by atoms with Crippen molar-refractivity contribution in [2.75, 3.05) is 0 Å². The molecule has 0 radical (unpaired) electrons. The fraction of sp³-hybridized carbons (Fsp3) is 0.462. The molecule has 0 aliphatic rings. The maximum absolute atomic E-state index is 12.5. The highest BCUT2D eigenvalue weighted by atomic mass is 32.2. The number of aryl methyl sites for hydroxylation is 1. The highest BCUT2D eigenvalue weighted by Crippen LogP contribution is 2.23. The van der Waals surface area contributed by atoms with Gasteiger partial charge in [0, 0.05) is 30.0 Å². The summed E-state index contributed by atoms with van der Waals surface area (Å²) >= 11 is 1.43. The van der Waals surface area contributed by atoms with Crippen LogP contribution in [0.2, 0.25) is 0 Å². The van der Waals surface area contributed by atoms with Crippen LogP contribution in [0.15, 0.2) is 28.7 Å². The normalized spacial score (nSPS) is 13.5. The van der Waals surface area contributed by atoms with Gasteiger partial charge in [0.05, 0.1) is 17.5 Å². The Balaban J connectivity index is 2.27. The van der Waals surface area contributed by atoms with E-state index in [0.29, 0.717) is 18.7 Å². The summed E-state index contributed by atoms with van der Waals surface area (Å²) in [4.78, 5) is 4.34. The molecule has 2 rings (SSSR count). The van der Waals surface area contributed by atoms with Crippen LogP contribution in [-0.2, 0) is 23.2 Å². The van der Waals surface area contributed by atoms with Crippen LogP contribution in [0.5, 0.6) is 0 Å². The molecule has 0 saturated heterocycles. The third kappa shape index (κ3) is 3.52. The number of rotatable bonds is 7. The largest absolute Gasteiger partial charge is 0.390 e. The quantitative estimate of drug-likeness (QED) is 0.812. The molecule has 0 aliphatic carbocycles. The van der Waals surface area contributed by atoms with Crippen LogP contribution in [0.3, 0.4) is 0 Å². The Morgan fingerprint density at radius 1 is 1.48 bits per heavy atom. The second-order valence-corrected chi connectivity index (χ2v) is 7.20. The van der Waals surface area contributed by atoms with Crippen molar-refractivity contribution in [3.8, 4) is 0 Å². The van der Waals surface area contributed by atoms with Crippen molar-refractivity contribution in [3.05, 3.63) is 34.5 Å². The third-order valence-electron chi connectivity index (χ3n) is 3.23. The van der Waals surface area contributed by atoms with Gasteiger partial charge in [0.1, 0.15) is 5.01 Å². The number of aromatic nitrogens is 2. The van der Waals surface area contributed by atoms with E-state index in [0.717, 1.165) is 5.01 Å². The van der Waals surface area contributed by atoms with Gasteiger partial charge >= 0.3 is 0 Å². The molecule has 2 aromatic heterocycles. The first-order chi connectivity index (χ1) is 10.0. The first kappa shape index (κ1) is 16.2. The number of aliphatic hydroxyl groups is 1. The summed E-state index contributed by atoms with van der Waals surface area (Å²) in [5.41, 5.74) is 0.583. The van der Waals surface area contributed by atoms with Crippen LogP contribution in [0.25, 0.3) is 0 Å². The van der Waals surface area contributed by atoms with E-state index in [-0.39, 0.29) is 17.5 Å². The predicted molar refractivity (Wildman–Crippen MR) is 81.5 cm³/mol. The Labute approximate surface area is 128 Å². The lowest BCUT2D eigenvalue weighted by atomic mass is 10.3. The van der Waals surface area contributed by atoms with Gasteiger partial charge < -0.3 is 9.67 Å². The Hall–Kier alpha value is -1.22. The van der Waals surface area contributed by atoms with Crippen molar-refractivity contribution in [2.24, 2.45) is 0 Å². The molecule has 0 spiro atoms. The van der Waals surface area contributed by atoms with E-state index in [1.54, 1.807) is 17.0 Å². The number of hydrogen-bond donors (Lipinski definition) is 2. The lowest BCUT2D eigenvalue weighted by Crippen LogP contribution is -2.28. The smallest absolute Gasteiger partial charge is 0.242 e. The number of hydrogen-bond acceptors (Lipinski definition) is 5. The number of thiazole rings is 1.